The topological polar surface area (TPSA) is 39.9 Å². The fraction of sp³-hybridized carbons (Fsp3) is 0.714. The lowest BCUT2D eigenvalue weighted by Crippen LogP contribution is -2.00. The zero-order chi connectivity index (χ0) is 7.94. The monoisotopic (exact) mass is 155 g/mol. The standard InChI is InChI=1S/C7H13N3O/c1-11-7-3-2-5-10-6-4-8-9-10/h4,6H,2-3,5,7H2,1H3. The van der Waals surface area contributed by atoms with E-state index in [9.17, 15) is 0 Å². The second kappa shape index (κ2) is 4.85. The van der Waals surface area contributed by atoms with Crippen molar-refractivity contribution in [2.75, 3.05) is 13.7 Å². The molecule has 0 fully saturated rings. The highest BCUT2D eigenvalue weighted by Crippen LogP contribution is 1.92. The summed E-state index contributed by atoms with van der Waals surface area (Å²) in [6, 6.07) is 0. The normalized spacial score (nSPS) is 10.3. The minimum atomic E-state index is 0.828. The highest BCUT2D eigenvalue weighted by atomic mass is 16.5. The third-order valence-corrected chi connectivity index (χ3v) is 1.46. The molecule has 0 aliphatic heterocycles. The molecule has 0 aliphatic rings. The Hall–Kier alpha value is -0.900. The Morgan fingerprint density at radius 1 is 1.45 bits per heavy atom. The summed E-state index contributed by atoms with van der Waals surface area (Å²) in [5.41, 5.74) is 0. The molecule has 0 spiro atoms. The molecule has 0 atom stereocenters. The van der Waals surface area contributed by atoms with Gasteiger partial charge < -0.3 is 4.74 Å². The van der Waals surface area contributed by atoms with Gasteiger partial charge in [0.1, 0.15) is 0 Å². The summed E-state index contributed by atoms with van der Waals surface area (Å²) in [4.78, 5) is 0. The van der Waals surface area contributed by atoms with Crippen molar-refractivity contribution in [3.8, 4) is 0 Å². The Morgan fingerprint density at radius 3 is 3.00 bits per heavy atom. The fourth-order valence-corrected chi connectivity index (χ4v) is 0.872. The van der Waals surface area contributed by atoms with Crippen molar-refractivity contribution < 1.29 is 4.74 Å². The van der Waals surface area contributed by atoms with Crippen molar-refractivity contribution >= 4 is 0 Å². The maximum atomic E-state index is 4.92. The molecule has 0 saturated carbocycles. The summed E-state index contributed by atoms with van der Waals surface area (Å²) in [7, 11) is 1.72. The Labute approximate surface area is 66.2 Å². The van der Waals surface area contributed by atoms with E-state index in [0.29, 0.717) is 0 Å². The first kappa shape index (κ1) is 8.20. The number of aromatic nitrogens is 3. The second-order valence-electron chi connectivity index (χ2n) is 2.37. The number of rotatable bonds is 5. The molecule has 0 radical (unpaired) electrons. The van der Waals surface area contributed by atoms with Gasteiger partial charge in [-0.2, -0.15) is 0 Å². The van der Waals surface area contributed by atoms with Gasteiger partial charge in [0.05, 0.1) is 6.20 Å². The molecule has 0 aromatic carbocycles. The predicted molar refractivity (Wildman–Crippen MR) is 41.1 cm³/mol. The van der Waals surface area contributed by atoms with Crippen LogP contribution in [0.4, 0.5) is 0 Å². The van der Waals surface area contributed by atoms with Crippen LogP contribution in [0.1, 0.15) is 12.8 Å². The lowest BCUT2D eigenvalue weighted by atomic mass is 10.3. The van der Waals surface area contributed by atoms with E-state index in [4.69, 9.17) is 4.74 Å². The minimum absolute atomic E-state index is 0.828. The van der Waals surface area contributed by atoms with Crippen LogP contribution in [-0.2, 0) is 11.3 Å². The molecule has 0 aliphatic carbocycles. The van der Waals surface area contributed by atoms with Crippen molar-refractivity contribution in [2.45, 2.75) is 19.4 Å². The van der Waals surface area contributed by atoms with Crippen LogP contribution in [0, 0.1) is 0 Å². The van der Waals surface area contributed by atoms with Gasteiger partial charge in [-0.1, -0.05) is 5.21 Å². The number of hydrogen-bond acceptors (Lipinski definition) is 3. The molecule has 4 nitrogen and oxygen atoms in total. The van der Waals surface area contributed by atoms with Gasteiger partial charge in [0.2, 0.25) is 0 Å². The Kier molecular flexibility index (Phi) is 3.61. The van der Waals surface area contributed by atoms with E-state index >= 15 is 0 Å². The summed E-state index contributed by atoms with van der Waals surface area (Å²) in [5, 5.41) is 7.54. The Balaban J connectivity index is 2.04. The van der Waals surface area contributed by atoms with E-state index in [2.05, 4.69) is 10.3 Å². The average molecular weight is 155 g/mol. The number of unbranched alkanes of at least 4 members (excludes halogenated alkanes) is 1. The van der Waals surface area contributed by atoms with Gasteiger partial charge in [0.15, 0.2) is 0 Å². The van der Waals surface area contributed by atoms with Gasteiger partial charge in [0.25, 0.3) is 0 Å². The zero-order valence-corrected chi connectivity index (χ0v) is 6.73. The van der Waals surface area contributed by atoms with E-state index in [0.717, 1.165) is 26.0 Å². The first-order valence-corrected chi connectivity index (χ1v) is 3.76. The molecule has 0 unspecified atom stereocenters. The first-order chi connectivity index (χ1) is 5.43. The molecular weight excluding hydrogens is 142 g/mol. The van der Waals surface area contributed by atoms with E-state index in [1.165, 1.54) is 0 Å². The summed E-state index contributed by atoms with van der Waals surface area (Å²) >= 11 is 0. The van der Waals surface area contributed by atoms with Crippen LogP contribution >= 0.6 is 0 Å². The van der Waals surface area contributed by atoms with Crippen LogP contribution in [0.25, 0.3) is 0 Å². The van der Waals surface area contributed by atoms with Crippen molar-refractivity contribution in [1.29, 1.82) is 0 Å². The highest BCUT2D eigenvalue weighted by molar-refractivity contribution is 4.63. The van der Waals surface area contributed by atoms with Crippen LogP contribution in [0.3, 0.4) is 0 Å². The quantitative estimate of drug-likeness (QED) is 0.588. The highest BCUT2D eigenvalue weighted by Gasteiger charge is 1.90. The molecule has 1 aromatic rings. The van der Waals surface area contributed by atoms with Gasteiger partial charge in [-0.15, -0.1) is 5.10 Å². The molecule has 0 amide bonds. The predicted octanol–water partition coefficient (Wildman–Crippen LogP) is 0.705. The first-order valence-electron chi connectivity index (χ1n) is 3.76. The molecule has 1 aromatic heterocycles. The maximum Gasteiger partial charge on any atom is 0.0692 e. The number of nitrogens with zero attached hydrogens (tertiary/aromatic N) is 3. The van der Waals surface area contributed by atoms with Crippen LogP contribution in [0.5, 0.6) is 0 Å². The Morgan fingerprint density at radius 2 is 2.36 bits per heavy atom. The molecule has 4 heteroatoms. The summed E-state index contributed by atoms with van der Waals surface area (Å²) in [6.45, 7) is 1.76. The number of aryl methyl sites for hydroxylation is 1. The van der Waals surface area contributed by atoms with Crippen molar-refractivity contribution in [1.82, 2.24) is 15.0 Å². The third-order valence-electron chi connectivity index (χ3n) is 1.46. The third kappa shape index (κ3) is 3.13. The van der Waals surface area contributed by atoms with Crippen molar-refractivity contribution in [2.24, 2.45) is 0 Å². The van der Waals surface area contributed by atoms with E-state index in [-0.39, 0.29) is 0 Å². The number of ether oxygens (including phenoxy) is 1. The molecule has 0 N–H and O–H groups in total. The van der Waals surface area contributed by atoms with Gasteiger partial charge >= 0.3 is 0 Å². The van der Waals surface area contributed by atoms with Crippen LogP contribution in [0.15, 0.2) is 12.4 Å². The Bertz CT molecular complexity index is 174. The van der Waals surface area contributed by atoms with E-state index in [1.54, 1.807) is 13.3 Å². The minimum Gasteiger partial charge on any atom is -0.385 e. The second-order valence-corrected chi connectivity index (χ2v) is 2.37. The largest absolute Gasteiger partial charge is 0.385 e. The van der Waals surface area contributed by atoms with Crippen LogP contribution in [0.2, 0.25) is 0 Å². The van der Waals surface area contributed by atoms with E-state index in [1.807, 2.05) is 10.9 Å². The van der Waals surface area contributed by atoms with Crippen molar-refractivity contribution in [3.63, 3.8) is 0 Å². The summed E-state index contributed by atoms with van der Waals surface area (Å²) in [6.07, 6.45) is 5.73. The number of methoxy groups -OCH3 is 1. The molecule has 11 heavy (non-hydrogen) atoms. The van der Waals surface area contributed by atoms with Crippen molar-refractivity contribution in [3.05, 3.63) is 12.4 Å². The van der Waals surface area contributed by atoms with E-state index < -0.39 is 0 Å². The molecule has 62 valence electrons. The summed E-state index contributed by atoms with van der Waals surface area (Å²) in [5.74, 6) is 0. The molecule has 1 heterocycles. The van der Waals surface area contributed by atoms with Crippen LogP contribution < -0.4 is 0 Å². The molecule has 0 saturated heterocycles. The van der Waals surface area contributed by atoms with Gasteiger partial charge in [0, 0.05) is 26.5 Å². The smallest absolute Gasteiger partial charge is 0.0692 e. The van der Waals surface area contributed by atoms with Gasteiger partial charge in [-0.25, -0.2) is 0 Å². The zero-order valence-electron chi connectivity index (χ0n) is 6.73. The fourth-order valence-electron chi connectivity index (χ4n) is 0.872. The van der Waals surface area contributed by atoms with Gasteiger partial charge in [-0.3, -0.25) is 4.68 Å². The molecule has 0 bridgehead atoms. The lowest BCUT2D eigenvalue weighted by Gasteiger charge is -1.98. The average Bonchev–Trinajstić information content (AvgIpc) is 2.50. The maximum absolute atomic E-state index is 4.92. The van der Waals surface area contributed by atoms with Crippen LogP contribution in [-0.4, -0.2) is 28.7 Å². The SMILES string of the molecule is COCCCCn1ccnn1. The molecule has 1 rings (SSSR count). The summed E-state index contributed by atoms with van der Waals surface area (Å²) < 4.78 is 6.74. The lowest BCUT2D eigenvalue weighted by molar-refractivity contribution is 0.191. The number of hydrogen-bond donors (Lipinski definition) is 0. The molecular formula is C7H13N3O. The van der Waals surface area contributed by atoms with Gasteiger partial charge in [-0.05, 0) is 12.8 Å².